The van der Waals surface area contributed by atoms with Crippen LogP contribution in [0.3, 0.4) is 0 Å². The third kappa shape index (κ3) is 2.19. The Labute approximate surface area is 126 Å². The van der Waals surface area contributed by atoms with Gasteiger partial charge in [0.05, 0.1) is 0 Å². The largest absolute Gasteiger partial charge is 0.384 e. The van der Waals surface area contributed by atoms with Crippen LogP contribution in [-0.2, 0) is 5.60 Å². The molecule has 0 aliphatic carbocycles. The Morgan fingerprint density at radius 3 is 2.05 bits per heavy atom. The van der Waals surface area contributed by atoms with E-state index in [4.69, 9.17) is 0 Å². The molecule has 0 radical (unpaired) electrons. The Bertz CT molecular complexity index is 614. The molecule has 1 atom stereocenters. The van der Waals surface area contributed by atoms with E-state index >= 15 is 0 Å². The van der Waals surface area contributed by atoms with Crippen LogP contribution in [0.1, 0.15) is 18.4 Å². The summed E-state index contributed by atoms with van der Waals surface area (Å²) in [5.74, 6) is 0.421. The van der Waals surface area contributed by atoms with Crippen LogP contribution in [0.15, 0.2) is 54.6 Å². The molecule has 3 aliphatic rings. The van der Waals surface area contributed by atoms with Crippen LogP contribution in [0.25, 0.3) is 11.1 Å². The van der Waals surface area contributed by atoms with Crippen molar-refractivity contribution in [2.75, 3.05) is 19.6 Å². The molecule has 2 nitrogen and oxygen atoms in total. The minimum Gasteiger partial charge on any atom is -0.384 e. The maximum absolute atomic E-state index is 11.2. The zero-order valence-electron chi connectivity index (χ0n) is 12.2. The molecule has 3 fully saturated rings. The molecule has 3 heterocycles. The predicted octanol–water partition coefficient (Wildman–Crippen LogP) is 3.27. The quantitative estimate of drug-likeness (QED) is 0.912. The van der Waals surface area contributed by atoms with Crippen molar-refractivity contribution < 1.29 is 5.11 Å². The molecule has 2 heteroatoms. The summed E-state index contributed by atoms with van der Waals surface area (Å²) in [7, 11) is 0. The topological polar surface area (TPSA) is 23.5 Å². The molecule has 3 aliphatic heterocycles. The minimum atomic E-state index is -0.647. The van der Waals surface area contributed by atoms with Gasteiger partial charge in [0, 0.05) is 6.54 Å². The molecule has 3 saturated heterocycles. The van der Waals surface area contributed by atoms with Crippen LogP contribution in [0.2, 0.25) is 0 Å². The van der Waals surface area contributed by atoms with Gasteiger partial charge >= 0.3 is 0 Å². The zero-order valence-corrected chi connectivity index (χ0v) is 12.2. The van der Waals surface area contributed by atoms with Crippen molar-refractivity contribution in [3.8, 4) is 11.1 Å². The van der Waals surface area contributed by atoms with Crippen LogP contribution < -0.4 is 0 Å². The van der Waals surface area contributed by atoms with Crippen molar-refractivity contribution in [3.05, 3.63) is 60.2 Å². The molecular formula is C19H21NO. The first-order valence-electron chi connectivity index (χ1n) is 7.86. The molecule has 0 saturated carbocycles. The Balaban J connectivity index is 1.65. The molecule has 108 valence electrons. The summed E-state index contributed by atoms with van der Waals surface area (Å²) in [5, 5.41) is 11.2. The number of benzene rings is 2. The fraction of sp³-hybridized carbons (Fsp3) is 0.368. The van der Waals surface area contributed by atoms with E-state index < -0.39 is 5.60 Å². The molecule has 2 aromatic carbocycles. The Morgan fingerprint density at radius 2 is 1.48 bits per heavy atom. The van der Waals surface area contributed by atoms with Crippen LogP contribution in [0.4, 0.5) is 0 Å². The van der Waals surface area contributed by atoms with Gasteiger partial charge < -0.3 is 10.0 Å². The molecule has 0 spiro atoms. The Kier molecular flexibility index (Phi) is 3.09. The summed E-state index contributed by atoms with van der Waals surface area (Å²) in [6.07, 6.45) is 2.24. The number of hydrogen-bond acceptors (Lipinski definition) is 2. The van der Waals surface area contributed by atoms with E-state index in [9.17, 15) is 5.11 Å². The number of hydrogen-bond donors (Lipinski definition) is 1. The number of nitrogens with zero attached hydrogens (tertiary/aromatic N) is 1. The van der Waals surface area contributed by atoms with Gasteiger partial charge in [-0.25, -0.2) is 0 Å². The van der Waals surface area contributed by atoms with Crippen molar-refractivity contribution >= 4 is 0 Å². The number of rotatable bonds is 2. The summed E-state index contributed by atoms with van der Waals surface area (Å²) in [6, 6.07) is 18.9. The van der Waals surface area contributed by atoms with Crippen LogP contribution in [0.5, 0.6) is 0 Å². The molecule has 2 bridgehead atoms. The fourth-order valence-corrected chi connectivity index (χ4v) is 3.95. The van der Waals surface area contributed by atoms with Crippen LogP contribution >= 0.6 is 0 Å². The molecular weight excluding hydrogens is 258 g/mol. The van der Waals surface area contributed by atoms with E-state index in [-0.39, 0.29) is 0 Å². The normalized spacial score (nSPS) is 31.3. The number of piperidine rings is 3. The lowest BCUT2D eigenvalue weighted by molar-refractivity contribution is -0.117. The standard InChI is InChI=1S/C19H21NO/c21-19(14-20-12-10-18(19)11-13-20)17-8-6-16(7-9-17)15-4-2-1-3-5-15/h1-9,18,21H,10-14H2/t19-/m0/s1. The number of fused-ring (bicyclic) bond motifs is 3. The maximum Gasteiger partial charge on any atom is 0.105 e. The average Bonchev–Trinajstić information content (AvgIpc) is 2.57. The third-order valence-corrected chi connectivity index (χ3v) is 5.22. The molecule has 1 N–H and O–H groups in total. The summed E-state index contributed by atoms with van der Waals surface area (Å²) in [6.45, 7) is 3.09. The molecule has 0 unspecified atom stereocenters. The van der Waals surface area contributed by atoms with Gasteiger partial charge in [0.2, 0.25) is 0 Å². The Morgan fingerprint density at radius 1 is 0.857 bits per heavy atom. The lowest BCUT2D eigenvalue weighted by Crippen LogP contribution is -2.57. The van der Waals surface area contributed by atoms with Gasteiger partial charge in [-0.3, -0.25) is 0 Å². The lowest BCUT2D eigenvalue weighted by atomic mass is 9.71. The second kappa shape index (κ2) is 4.97. The highest BCUT2D eigenvalue weighted by atomic mass is 16.3. The third-order valence-electron chi connectivity index (χ3n) is 5.22. The van der Waals surface area contributed by atoms with Gasteiger partial charge in [-0.05, 0) is 48.5 Å². The highest BCUT2D eigenvalue weighted by Gasteiger charge is 2.46. The van der Waals surface area contributed by atoms with Gasteiger partial charge in [-0.1, -0.05) is 54.6 Å². The van der Waals surface area contributed by atoms with Crippen LogP contribution in [-0.4, -0.2) is 29.6 Å². The SMILES string of the molecule is O[C@]1(c2ccc(-c3ccccc3)cc2)CN2CCC1CC2. The summed E-state index contributed by atoms with van der Waals surface area (Å²) < 4.78 is 0. The first-order chi connectivity index (χ1) is 10.3. The van der Waals surface area contributed by atoms with E-state index in [2.05, 4.69) is 53.4 Å². The van der Waals surface area contributed by atoms with Gasteiger partial charge in [0.15, 0.2) is 0 Å². The average molecular weight is 279 g/mol. The van der Waals surface area contributed by atoms with E-state index in [1.807, 2.05) is 6.07 Å². The van der Waals surface area contributed by atoms with Gasteiger partial charge in [0.25, 0.3) is 0 Å². The molecule has 0 aromatic heterocycles. The molecule has 2 aromatic rings. The van der Waals surface area contributed by atoms with Crippen molar-refractivity contribution in [2.24, 2.45) is 5.92 Å². The second-order valence-corrected chi connectivity index (χ2v) is 6.42. The van der Waals surface area contributed by atoms with Gasteiger partial charge in [0.1, 0.15) is 5.60 Å². The highest BCUT2D eigenvalue weighted by molar-refractivity contribution is 5.63. The van der Waals surface area contributed by atoms with Gasteiger partial charge in [-0.15, -0.1) is 0 Å². The zero-order chi connectivity index (χ0) is 14.3. The molecule has 5 rings (SSSR count). The first kappa shape index (κ1) is 13.1. The van der Waals surface area contributed by atoms with Crippen molar-refractivity contribution in [1.29, 1.82) is 0 Å². The minimum absolute atomic E-state index is 0.421. The van der Waals surface area contributed by atoms with E-state index in [1.54, 1.807) is 0 Å². The van der Waals surface area contributed by atoms with E-state index in [0.29, 0.717) is 5.92 Å². The van der Waals surface area contributed by atoms with E-state index in [0.717, 1.165) is 38.0 Å². The van der Waals surface area contributed by atoms with Crippen LogP contribution in [0, 0.1) is 5.92 Å². The van der Waals surface area contributed by atoms with E-state index in [1.165, 1.54) is 11.1 Å². The van der Waals surface area contributed by atoms with Gasteiger partial charge in [-0.2, -0.15) is 0 Å². The summed E-state index contributed by atoms with van der Waals surface area (Å²) in [4.78, 5) is 2.39. The molecule has 21 heavy (non-hydrogen) atoms. The maximum atomic E-state index is 11.2. The Hall–Kier alpha value is -1.64. The smallest absolute Gasteiger partial charge is 0.105 e. The molecule has 0 amide bonds. The lowest BCUT2D eigenvalue weighted by Gasteiger charge is -2.50. The highest BCUT2D eigenvalue weighted by Crippen LogP contribution is 2.42. The fourth-order valence-electron chi connectivity index (χ4n) is 3.95. The second-order valence-electron chi connectivity index (χ2n) is 6.42. The first-order valence-corrected chi connectivity index (χ1v) is 7.86. The summed E-state index contributed by atoms with van der Waals surface area (Å²) >= 11 is 0. The summed E-state index contributed by atoms with van der Waals surface area (Å²) in [5.41, 5.74) is 2.87. The monoisotopic (exact) mass is 279 g/mol. The predicted molar refractivity (Wildman–Crippen MR) is 84.9 cm³/mol. The van der Waals surface area contributed by atoms with Crippen molar-refractivity contribution in [3.63, 3.8) is 0 Å². The van der Waals surface area contributed by atoms with Crippen molar-refractivity contribution in [2.45, 2.75) is 18.4 Å². The van der Waals surface area contributed by atoms with Crippen molar-refractivity contribution in [1.82, 2.24) is 4.90 Å². The number of aliphatic hydroxyl groups is 1.